The maximum Gasteiger partial charge on any atom is 0.242 e. The fourth-order valence-corrected chi connectivity index (χ4v) is 1.90. The molecule has 1 aliphatic heterocycles. The Morgan fingerprint density at radius 2 is 2.39 bits per heavy atom. The van der Waals surface area contributed by atoms with Crippen LogP contribution in [-0.2, 0) is 4.79 Å². The van der Waals surface area contributed by atoms with Crippen molar-refractivity contribution in [1.29, 1.82) is 0 Å². The summed E-state index contributed by atoms with van der Waals surface area (Å²) in [7, 11) is 0. The van der Waals surface area contributed by atoms with Crippen LogP contribution in [0.3, 0.4) is 0 Å². The lowest BCUT2D eigenvalue weighted by atomic mass is 10.1. The average Bonchev–Trinajstić information content (AvgIpc) is 2.56. The van der Waals surface area contributed by atoms with Gasteiger partial charge in [0.2, 0.25) is 11.8 Å². The van der Waals surface area contributed by atoms with E-state index in [1.807, 2.05) is 6.92 Å². The van der Waals surface area contributed by atoms with Crippen molar-refractivity contribution < 1.29 is 9.53 Å². The molecule has 6 nitrogen and oxygen atoms in total. The van der Waals surface area contributed by atoms with Crippen molar-refractivity contribution in [2.24, 2.45) is 0 Å². The fourth-order valence-electron chi connectivity index (χ4n) is 1.90. The highest BCUT2D eigenvalue weighted by molar-refractivity contribution is 5.84. The Hall–Kier alpha value is -1.85. The van der Waals surface area contributed by atoms with E-state index >= 15 is 0 Å². The van der Waals surface area contributed by atoms with Gasteiger partial charge in [-0.1, -0.05) is 0 Å². The molecule has 0 unspecified atom stereocenters. The molecule has 0 radical (unpaired) electrons. The van der Waals surface area contributed by atoms with Crippen molar-refractivity contribution in [1.82, 2.24) is 15.3 Å². The normalized spacial score (nSPS) is 19.8. The Morgan fingerprint density at radius 1 is 1.50 bits per heavy atom. The lowest BCUT2D eigenvalue weighted by Crippen LogP contribution is -2.38. The summed E-state index contributed by atoms with van der Waals surface area (Å²) in [4.78, 5) is 19.9. The summed E-state index contributed by atoms with van der Waals surface area (Å²) in [5.74, 6) is 1.17. The van der Waals surface area contributed by atoms with Crippen LogP contribution in [0.25, 0.3) is 0 Å². The number of ether oxygens (including phenoxy) is 1. The van der Waals surface area contributed by atoms with E-state index in [1.165, 1.54) is 6.33 Å². The molecule has 98 valence electrons. The maximum atomic E-state index is 11.8. The van der Waals surface area contributed by atoms with Gasteiger partial charge in [-0.05, 0) is 26.2 Å². The summed E-state index contributed by atoms with van der Waals surface area (Å²) in [6.45, 7) is 3.21. The predicted octanol–water partition coefficient (Wildman–Crippen LogP) is 0.956. The minimum atomic E-state index is -0.225. The van der Waals surface area contributed by atoms with Gasteiger partial charge < -0.3 is 15.4 Å². The van der Waals surface area contributed by atoms with E-state index in [0.29, 0.717) is 18.3 Å². The first-order valence-corrected chi connectivity index (χ1v) is 6.28. The van der Waals surface area contributed by atoms with Crippen LogP contribution in [0, 0.1) is 0 Å². The van der Waals surface area contributed by atoms with Crippen LogP contribution in [0.15, 0.2) is 12.4 Å². The van der Waals surface area contributed by atoms with Crippen molar-refractivity contribution in [2.45, 2.75) is 32.2 Å². The minimum absolute atomic E-state index is 0.0315. The second-order valence-electron chi connectivity index (χ2n) is 4.16. The van der Waals surface area contributed by atoms with Gasteiger partial charge in [0.05, 0.1) is 6.61 Å². The highest BCUT2D eigenvalue weighted by atomic mass is 16.5. The summed E-state index contributed by atoms with van der Waals surface area (Å²) in [6.07, 6.45) is 4.30. The number of rotatable bonds is 4. The molecule has 2 N–H and O–H groups in total. The molecule has 1 amide bonds. The predicted molar refractivity (Wildman–Crippen MR) is 67.5 cm³/mol. The molecule has 2 heterocycles. The number of anilines is 1. The number of nitrogens with one attached hydrogen (secondary N) is 2. The van der Waals surface area contributed by atoms with E-state index in [9.17, 15) is 4.79 Å². The second kappa shape index (κ2) is 6.18. The van der Waals surface area contributed by atoms with Gasteiger partial charge in [0.1, 0.15) is 18.2 Å². The standard InChI is InChI=1S/C12H18N4O2/c1-2-18-11-7-10(14-8-15-11)16-9-5-3-4-6-13-12(9)17/h7-9H,2-6H2,1H3,(H,13,17)(H,14,15,16)/t9-/m1/s1. The molecular formula is C12H18N4O2. The molecule has 6 heteroatoms. The first kappa shape index (κ1) is 12.6. The van der Waals surface area contributed by atoms with E-state index in [1.54, 1.807) is 6.07 Å². The molecule has 1 aromatic rings. The quantitative estimate of drug-likeness (QED) is 0.832. The molecule has 1 aliphatic rings. The largest absolute Gasteiger partial charge is 0.478 e. The molecule has 0 saturated carbocycles. The molecule has 2 rings (SSSR count). The second-order valence-corrected chi connectivity index (χ2v) is 4.16. The summed E-state index contributed by atoms with van der Waals surface area (Å²) in [5, 5.41) is 6.00. The van der Waals surface area contributed by atoms with Crippen molar-refractivity contribution in [2.75, 3.05) is 18.5 Å². The zero-order valence-electron chi connectivity index (χ0n) is 10.5. The van der Waals surface area contributed by atoms with Gasteiger partial charge in [-0.2, -0.15) is 0 Å². The SMILES string of the molecule is CCOc1cc(N[C@@H]2CCCCNC2=O)ncn1. The van der Waals surface area contributed by atoms with Crippen LogP contribution >= 0.6 is 0 Å². The number of carbonyl (C=O) groups is 1. The number of nitrogens with zero attached hydrogens (tertiary/aromatic N) is 2. The van der Waals surface area contributed by atoms with Crippen molar-refractivity contribution in [3.8, 4) is 5.88 Å². The van der Waals surface area contributed by atoms with Crippen LogP contribution in [0.5, 0.6) is 5.88 Å². The Kier molecular flexibility index (Phi) is 4.33. The zero-order valence-corrected chi connectivity index (χ0v) is 10.5. The molecule has 1 fully saturated rings. The van der Waals surface area contributed by atoms with E-state index in [2.05, 4.69) is 20.6 Å². The van der Waals surface area contributed by atoms with Gasteiger partial charge in [-0.25, -0.2) is 9.97 Å². The molecule has 0 aromatic carbocycles. The van der Waals surface area contributed by atoms with E-state index in [4.69, 9.17) is 4.74 Å². The van der Waals surface area contributed by atoms with Crippen LogP contribution in [0.1, 0.15) is 26.2 Å². The molecule has 18 heavy (non-hydrogen) atoms. The zero-order chi connectivity index (χ0) is 12.8. The summed E-state index contributed by atoms with van der Waals surface area (Å²) >= 11 is 0. The van der Waals surface area contributed by atoms with Crippen molar-refractivity contribution >= 4 is 11.7 Å². The van der Waals surface area contributed by atoms with Gasteiger partial charge in [-0.3, -0.25) is 4.79 Å². The third-order valence-corrected chi connectivity index (χ3v) is 2.79. The topological polar surface area (TPSA) is 76.1 Å². The van der Waals surface area contributed by atoms with Crippen molar-refractivity contribution in [3.05, 3.63) is 12.4 Å². The Bertz CT molecular complexity index is 411. The highest BCUT2D eigenvalue weighted by Crippen LogP contribution is 2.15. The van der Waals surface area contributed by atoms with E-state index in [-0.39, 0.29) is 11.9 Å². The third-order valence-electron chi connectivity index (χ3n) is 2.79. The Morgan fingerprint density at radius 3 is 3.22 bits per heavy atom. The number of carbonyl (C=O) groups excluding carboxylic acids is 1. The molecule has 1 saturated heterocycles. The Labute approximate surface area is 106 Å². The first-order valence-electron chi connectivity index (χ1n) is 6.28. The molecule has 0 bridgehead atoms. The van der Waals surface area contributed by atoms with E-state index in [0.717, 1.165) is 25.8 Å². The number of hydrogen-bond acceptors (Lipinski definition) is 5. The monoisotopic (exact) mass is 250 g/mol. The third kappa shape index (κ3) is 3.32. The number of amides is 1. The molecule has 0 aliphatic carbocycles. The molecule has 1 atom stereocenters. The van der Waals surface area contributed by atoms with Gasteiger partial charge in [0, 0.05) is 12.6 Å². The van der Waals surface area contributed by atoms with Crippen LogP contribution in [-0.4, -0.2) is 35.1 Å². The Balaban J connectivity index is 2.02. The van der Waals surface area contributed by atoms with Gasteiger partial charge >= 0.3 is 0 Å². The van der Waals surface area contributed by atoms with Crippen LogP contribution in [0.4, 0.5) is 5.82 Å². The first-order chi connectivity index (χ1) is 8.79. The molecule has 1 aromatic heterocycles. The minimum Gasteiger partial charge on any atom is -0.478 e. The van der Waals surface area contributed by atoms with Crippen LogP contribution < -0.4 is 15.4 Å². The van der Waals surface area contributed by atoms with Gasteiger partial charge in [-0.15, -0.1) is 0 Å². The van der Waals surface area contributed by atoms with Gasteiger partial charge in [0.15, 0.2) is 0 Å². The summed E-state index contributed by atoms with van der Waals surface area (Å²) < 4.78 is 5.30. The average molecular weight is 250 g/mol. The lowest BCUT2D eigenvalue weighted by Gasteiger charge is -2.15. The molecular weight excluding hydrogens is 232 g/mol. The number of aromatic nitrogens is 2. The van der Waals surface area contributed by atoms with Crippen LogP contribution in [0.2, 0.25) is 0 Å². The maximum absolute atomic E-state index is 11.8. The van der Waals surface area contributed by atoms with E-state index < -0.39 is 0 Å². The number of hydrogen-bond donors (Lipinski definition) is 2. The fraction of sp³-hybridized carbons (Fsp3) is 0.583. The summed E-state index contributed by atoms with van der Waals surface area (Å²) in [5.41, 5.74) is 0. The molecule has 0 spiro atoms. The summed E-state index contributed by atoms with van der Waals surface area (Å²) in [6, 6.07) is 1.48. The van der Waals surface area contributed by atoms with Crippen molar-refractivity contribution in [3.63, 3.8) is 0 Å². The lowest BCUT2D eigenvalue weighted by molar-refractivity contribution is -0.121. The van der Waals surface area contributed by atoms with Gasteiger partial charge in [0.25, 0.3) is 0 Å². The highest BCUT2D eigenvalue weighted by Gasteiger charge is 2.20. The smallest absolute Gasteiger partial charge is 0.242 e.